The van der Waals surface area contributed by atoms with Gasteiger partial charge in [-0.25, -0.2) is 9.97 Å². The van der Waals surface area contributed by atoms with Crippen LogP contribution in [0.2, 0.25) is 0 Å². The van der Waals surface area contributed by atoms with Crippen LogP contribution in [0, 0.1) is 19.3 Å². The molecule has 0 radical (unpaired) electrons. The van der Waals surface area contributed by atoms with E-state index in [2.05, 4.69) is 9.97 Å². The Labute approximate surface area is 148 Å². The minimum absolute atomic E-state index is 0.0418. The number of fused-ring (bicyclic) bond motifs is 1. The number of benzene rings is 1. The Kier molecular flexibility index (Phi) is 3.99. The number of aromatic nitrogens is 2. The van der Waals surface area contributed by atoms with E-state index in [-0.39, 0.29) is 17.4 Å². The summed E-state index contributed by atoms with van der Waals surface area (Å²) in [6.07, 6.45) is 4.68. The molecule has 2 aliphatic rings. The van der Waals surface area contributed by atoms with Gasteiger partial charge >= 0.3 is 0 Å². The maximum absolute atomic E-state index is 13.0. The maximum atomic E-state index is 13.0. The summed E-state index contributed by atoms with van der Waals surface area (Å²) in [7, 11) is 0. The van der Waals surface area contributed by atoms with Crippen molar-refractivity contribution in [2.75, 3.05) is 13.1 Å². The van der Waals surface area contributed by atoms with E-state index in [1.807, 2.05) is 36.9 Å². The summed E-state index contributed by atoms with van der Waals surface area (Å²) >= 11 is 0. The molecule has 1 saturated heterocycles. The molecule has 2 heterocycles. The highest BCUT2D eigenvalue weighted by molar-refractivity contribution is 5.97. The Balaban J connectivity index is 1.62. The van der Waals surface area contributed by atoms with Crippen LogP contribution in [0.4, 0.5) is 0 Å². The summed E-state index contributed by atoms with van der Waals surface area (Å²) < 4.78 is 0. The van der Waals surface area contributed by atoms with Crippen LogP contribution in [0.1, 0.15) is 53.8 Å². The summed E-state index contributed by atoms with van der Waals surface area (Å²) in [6.45, 7) is 5.32. The average molecular weight is 339 g/mol. The van der Waals surface area contributed by atoms with Crippen molar-refractivity contribution in [1.82, 2.24) is 14.9 Å². The Hall–Kier alpha value is -2.01. The molecule has 1 amide bonds. The predicted molar refractivity (Wildman–Crippen MR) is 96.4 cm³/mol. The molecule has 2 fully saturated rings. The van der Waals surface area contributed by atoms with Gasteiger partial charge in [0.25, 0.3) is 5.91 Å². The normalized spacial score (nSPS) is 26.5. The van der Waals surface area contributed by atoms with Crippen LogP contribution >= 0.6 is 0 Å². The van der Waals surface area contributed by atoms with Crippen molar-refractivity contribution in [3.8, 4) is 0 Å². The molecule has 1 aromatic heterocycles. The fourth-order valence-electron chi connectivity index (χ4n) is 4.48. The molecule has 1 spiro atoms. The molecule has 5 nitrogen and oxygen atoms in total. The zero-order valence-electron chi connectivity index (χ0n) is 15.0. The van der Waals surface area contributed by atoms with E-state index in [4.69, 9.17) is 0 Å². The highest BCUT2D eigenvalue weighted by Crippen LogP contribution is 2.45. The second kappa shape index (κ2) is 6.06. The Bertz CT molecular complexity index is 835. The molecule has 2 aromatic rings. The molecule has 1 aliphatic heterocycles. The van der Waals surface area contributed by atoms with Crippen molar-refractivity contribution < 1.29 is 9.90 Å². The van der Waals surface area contributed by atoms with E-state index in [1.54, 1.807) is 0 Å². The number of hydrogen-bond donors (Lipinski definition) is 1. The van der Waals surface area contributed by atoms with Crippen LogP contribution in [0.5, 0.6) is 0 Å². The number of piperidine rings is 1. The summed E-state index contributed by atoms with van der Waals surface area (Å²) in [5, 5.41) is 10.4. The minimum Gasteiger partial charge on any atom is -0.392 e. The molecular formula is C20H25N3O2. The molecule has 132 valence electrons. The molecule has 1 N–H and O–H groups in total. The zero-order chi connectivity index (χ0) is 17.6. The molecule has 2 atom stereocenters. The summed E-state index contributed by atoms with van der Waals surface area (Å²) in [6, 6.07) is 5.58. The van der Waals surface area contributed by atoms with Crippen molar-refractivity contribution in [3.05, 3.63) is 35.2 Å². The number of likely N-dealkylation sites (tertiary alicyclic amines) is 1. The van der Waals surface area contributed by atoms with Gasteiger partial charge in [0.05, 0.1) is 28.5 Å². The van der Waals surface area contributed by atoms with Gasteiger partial charge in [0.15, 0.2) is 0 Å². The molecule has 1 saturated carbocycles. The topological polar surface area (TPSA) is 66.3 Å². The smallest absolute Gasteiger partial charge is 0.253 e. The lowest BCUT2D eigenvalue weighted by Crippen LogP contribution is -2.49. The van der Waals surface area contributed by atoms with E-state index in [9.17, 15) is 9.90 Å². The number of aryl methyl sites for hydroxylation is 2. The van der Waals surface area contributed by atoms with E-state index >= 15 is 0 Å². The third-order valence-electron chi connectivity index (χ3n) is 6.08. The first-order valence-corrected chi connectivity index (χ1v) is 9.21. The van der Waals surface area contributed by atoms with Crippen molar-refractivity contribution in [2.24, 2.45) is 5.41 Å². The SMILES string of the molecule is Cc1nc2ccc(C(=O)N3CCC[C@]4(CCC[C@H]4O)C3)cc2nc1C. The number of rotatable bonds is 1. The number of amides is 1. The average Bonchev–Trinajstić information content (AvgIpc) is 2.95. The standard InChI is InChI=1S/C20H25N3O2/c1-13-14(2)22-17-11-15(6-7-16(17)21-13)19(25)23-10-4-9-20(12-23)8-3-5-18(20)24/h6-7,11,18,24H,3-5,8-10,12H2,1-2H3/t18-,20-/m1/s1. The fourth-order valence-corrected chi connectivity index (χ4v) is 4.48. The van der Waals surface area contributed by atoms with Gasteiger partial charge in [0.2, 0.25) is 0 Å². The minimum atomic E-state index is -0.267. The largest absolute Gasteiger partial charge is 0.392 e. The first kappa shape index (κ1) is 16.5. The van der Waals surface area contributed by atoms with Gasteiger partial charge in [-0.1, -0.05) is 6.42 Å². The van der Waals surface area contributed by atoms with Crippen LogP contribution < -0.4 is 0 Å². The molecule has 1 aliphatic carbocycles. The Morgan fingerprint density at radius 3 is 2.60 bits per heavy atom. The van der Waals surface area contributed by atoms with E-state index < -0.39 is 0 Å². The Morgan fingerprint density at radius 1 is 1.16 bits per heavy atom. The predicted octanol–water partition coefficient (Wildman–Crippen LogP) is 3.01. The number of hydrogen-bond acceptors (Lipinski definition) is 4. The molecule has 1 aromatic carbocycles. The second-order valence-electron chi connectivity index (χ2n) is 7.70. The molecule has 0 bridgehead atoms. The lowest BCUT2D eigenvalue weighted by molar-refractivity contribution is -0.00535. The van der Waals surface area contributed by atoms with E-state index in [0.717, 1.165) is 61.1 Å². The Morgan fingerprint density at radius 2 is 1.88 bits per heavy atom. The molecule has 5 heteroatoms. The number of aliphatic hydroxyl groups is 1. The monoisotopic (exact) mass is 339 g/mol. The summed E-state index contributed by atoms with van der Waals surface area (Å²) in [5.41, 5.74) is 3.97. The zero-order valence-corrected chi connectivity index (χ0v) is 15.0. The highest BCUT2D eigenvalue weighted by Gasteiger charge is 2.45. The van der Waals surface area contributed by atoms with Crippen molar-refractivity contribution in [2.45, 2.75) is 52.1 Å². The number of aliphatic hydroxyl groups excluding tert-OH is 1. The van der Waals surface area contributed by atoms with Crippen molar-refractivity contribution >= 4 is 16.9 Å². The van der Waals surface area contributed by atoms with Gasteiger partial charge in [-0.05, 0) is 57.7 Å². The first-order chi connectivity index (χ1) is 12.0. The lowest BCUT2D eigenvalue weighted by atomic mass is 9.76. The van der Waals surface area contributed by atoms with Gasteiger partial charge < -0.3 is 10.0 Å². The first-order valence-electron chi connectivity index (χ1n) is 9.21. The number of nitrogens with zero attached hydrogens (tertiary/aromatic N) is 3. The fraction of sp³-hybridized carbons (Fsp3) is 0.550. The molecule has 4 rings (SSSR count). The summed E-state index contributed by atoms with van der Waals surface area (Å²) in [4.78, 5) is 24.1. The van der Waals surface area contributed by atoms with Gasteiger partial charge in [-0.2, -0.15) is 0 Å². The van der Waals surface area contributed by atoms with Gasteiger partial charge in [-0.15, -0.1) is 0 Å². The van der Waals surface area contributed by atoms with E-state index in [1.165, 1.54) is 0 Å². The van der Waals surface area contributed by atoms with E-state index in [0.29, 0.717) is 12.1 Å². The number of carbonyl (C=O) groups is 1. The van der Waals surface area contributed by atoms with Crippen LogP contribution in [0.25, 0.3) is 11.0 Å². The second-order valence-corrected chi connectivity index (χ2v) is 7.70. The molecular weight excluding hydrogens is 314 g/mol. The van der Waals surface area contributed by atoms with Crippen LogP contribution in [-0.4, -0.2) is 45.1 Å². The van der Waals surface area contributed by atoms with Crippen molar-refractivity contribution in [1.29, 1.82) is 0 Å². The quantitative estimate of drug-likeness (QED) is 0.867. The van der Waals surface area contributed by atoms with Gasteiger partial charge in [0.1, 0.15) is 0 Å². The van der Waals surface area contributed by atoms with Gasteiger partial charge in [0, 0.05) is 24.1 Å². The summed E-state index contributed by atoms with van der Waals surface area (Å²) in [5.74, 6) is 0.0418. The third-order valence-corrected chi connectivity index (χ3v) is 6.08. The maximum Gasteiger partial charge on any atom is 0.253 e. The molecule has 25 heavy (non-hydrogen) atoms. The third kappa shape index (κ3) is 2.80. The van der Waals surface area contributed by atoms with Crippen LogP contribution in [-0.2, 0) is 0 Å². The van der Waals surface area contributed by atoms with Crippen LogP contribution in [0.15, 0.2) is 18.2 Å². The highest BCUT2D eigenvalue weighted by atomic mass is 16.3. The van der Waals surface area contributed by atoms with Crippen LogP contribution in [0.3, 0.4) is 0 Å². The lowest BCUT2D eigenvalue weighted by Gasteiger charge is -2.42. The number of carbonyl (C=O) groups excluding carboxylic acids is 1. The molecule has 0 unspecified atom stereocenters. The van der Waals surface area contributed by atoms with Gasteiger partial charge in [-0.3, -0.25) is 4.79 Å². The van der Waals surface area contributed by atoms with Crippen molar-refractivity contribution in [3.63, 3.8) is 0 Å².